The number of carbonyl (C=O) groups excluding carboxylic acids is 1. The second-order valence-corrected chi connectivity index (χ2v) is 8.44. The minimum atomic E-state index is 0.0894. The van der Waals surface area contributed by atoms with Crippen LogP contribution in [-0.2, 0) is 17.6 Å². The third-order valence-corrected chi connectivity index (χ3v) is 6.29. The van der Waals surface area contributed by atoms with E-state index in [9.17, 15) is 4.79 Å². The van der Waals surface area contributed by atoms with Crippen molar-refractivity contribution in [1.82, 2.24) is 15.3 Å². The van der Waals surface area contributed by atoms with E-state index in [-0.39, 0.29) is 5.91 Å². The molecule has 4 nitrogen and oxygen atoms in total. The van der Waals surface area contributed by atoms with Crippen molar-refractivity contribution in [2.75, 3.05) is 12.3 Å². The van der Waals surface area contributed by atoms with E-state index < -0.39 is 0 Å². The summed E-state index contributed by atoms with van der Waals surface area (Å²) in [7, 11) is 0. The first-order valence-corrected chi connectivity index (χ1v) is 10.1. The highest BCUT2D eigenvalue weighted by molar-refractivity contribution is 8.00. The monoisotopic (exact) mass is 349 g/mol. The van der Waals surface area contributed by atoms with Crippen LogP contribution < -0.4 is 5.32 Å². The van der Waals surface area contributed by atoms with Crippen LogP contribution in [0.5, 0.6) is 0 Å². The number of nitrogens with zero attached hydrogens (tertiary/aromatic N) is 2. The van der Waals surface area contributed by atoms with Crippen LogP contribution in [0.1, 0.15) is 43.6 Å². The van der Waals surface area contributed by atoms with Gasteiger partial charge in [-0.25, -0.2) is 9.97 Å². The number of fused-ring (bicyclic) bond motifs is 3. The van der Waals surface area contributed by atoms with E-state index in [1.807, 2.05) is 0 Å². The molecule has 3 rings (SSSR count). The Labute approximate surface area is 145 Å². The SMILES string of the molecule is CC(C)CCNC(=O)CSc1ncnc2sc3c(c12)CCCC3. The highest BCUT2D eigenvalue weighted by Crippen LogP contribution is 2.39. The summed E-state index contributed by atoms with van der Waals surface area (Å²) in [6.45, 7) is 5.08. The summed E-state index contributed by atoms with van der Waals surface area (Å²) in [6.07, 6.45) is 7.45. The van der Waals surface area contributed by atoms with E-state index in [0.29, 0.717) is 11.7 Å². The largest absolute Gasteiger partial charge is 0.355 e. The first-order valence-electron chi connectivity index (χ1n) is 8.30. The number of nitrogens with one attached hydrogen (secondary N) is 1. The third-order valence-electron chi connectivity index (χ3n) is 4.10. The van der Waals surface area contributed by atoms with Gasteiger partial charge in [-0.05, 0) is 43.6 Å². The van der Waals surface area contributed by atoms with Gasteiger partial charge in [0.15, 0.2) is 0 Å². The van der Waals surface area contributed by atoms with Crippen molar-refractivity contribution < 1.29 is 4.79 Å². The molecule has 0 spiro atoms. The summed E-state index contributed by atoms with van der Waals surface area (Å²) in [6, 6.07) is 0. The fourth-order valence-corrected chi connectivity index (χ4v) is 5.01. The molecule has 0 saturated carbocycles. The topological polar surface area (TPSA) is 54.9 Å². The number of aromatic nitrogens is 2. The zero-order valence-electron chi connectivity index (χ0n) is 13.7. The Morgan fingerprint density at radius 2 is 2.17 bits per heavy atom. The minimum Gasteiger partial charge on any atom is -0.355 e. The van der Waals surface area contributed by atoms with Gasteiger partial charge in [-0.15, -0.1) is 11.3 Å². The zero-order valence-corrected chi connectivity index (χ0v) is 15.4. The average molecular weight is 350 g/mol. The highest BCUT2D eigenvalue weighted by Gasteiger charge is 2.20. The maximum atomic E-state index is 12.0. The van der Waals surface area contributed by atoms with E-state index in [1.54, 1.807) is 17.7 Å². The smallest absolute Gasteiger partial charge is 0.230 e. The predicted octanol–water partition coefficient (Wildman–Crippen LogP) is 3.82. The summed E-state index contributed by atoms with van der Waals surface area (Å²) in [5.41, 5.74) is 1.43. The fraction of sp³-hybridized carbons (Fsp3) is 0.588. The average Bonchev–Trinajstić information content (AvgIpc) is 2.91. The molecule has 1 aliphatic carbocycles. The number of aryl methyl sites for hydroxylation is 2. The predicted molar refractivity (Wildman–Crippen MR) is 97.2 cm³/mol. The second-order valence-electron chi connectivity index (χ2n) is 6.39. The van der Waals surface area contributed by atoms with E-state index in [0.717, 1.165) is 35.7 Å². The van der Waals surface area contributed by atoms with Gasteiger partial charge in [-0.1, -0.05) is 25.6 Å². The van der Waals surface area contributed by atoms with Crippen molar-refractivity contribution in [1.29, 1.82) is 0 Å². The van der Waals surface area contributed by atoms with E-state index >= 15 is 0 Å². The molecule has 0 aliphatic heterocycles. The van der Waals surface area contributed by atoms with E-state index in [4.69, 9.17) is 0 Å². The third kappa shape index (κ3) is 4.04. The molecule has 2 aromatic heterocycles. The summed E-state index contributed by atoms with van der Waals surface area (Å²) in [5, 5.41) is 5.16. The van der Waals surface area contributed by atoms with Crippen LogP contribution in [0, 0.1) is 5.92 Å². The summed E-state index contributed by atoms with van der Waals surface area (Å²) >= 11 is 3.34. The van der Waals surface area contributed by atoms with Crippen molar-refractivity contribution in [2.45, 2.75) is 51.0 Å². The van der Waals surface area contributed by atoms with Crippen LogP contribution in [0.3, 0.4) is 0 Å². The van der Waals surface area contributed by atoms with Gasteiger partial charge in [-0.2, -0.15) is 0 Å². The molecule has 0 atom stereocenters. The van der Waals surface area contributed by atoms with Crippen molar-refractivity contribution in [3.8, 4) is 0 Å². The molecular formula is C17H23N3OS2. The number of hydrogen-bond donors (Lipinski definition) is 1. The van der Waals surface area contributed by atoms with Gasteiger partial charge in [0.2, 0.25) is 5.91 Å². The van der Waals surface area contributed by atoms with Gasteiger partial charge < -0.3 is 5.32 Å². The van der Waals surface area contributed by atoms with Gasteiger partial charge in [0.1, 0.15) is 16.2 Å². The van der Waals surface area contributed by atoms with Crippen LogP contribution >= 0.6 is 23.1 Å². The molecule has 1 amide bonds. The Hall–Kier alpha value is -1.14. The molecule has 23 heavy (non-hydrogen) atoms. The molecule has 0 fully saturated rings. The molecule has 2 heterocycles. The normalized spacial score (nSPS) is 14.2. The van der Waals surface area contributed by atoms with Gasteiger partial charge >= 0.3 is 0 Å². The standard InChI is InChI=1S/C17H23N3OS2/c1-11(2)7-8-18-14(21)9-22-16-15-12-5-3-4-6-13(12)23-17(15)20-10-19-16/h10-11H,3-9H2,1-2H3,(H,18,21). The Morgan fingerprint density at radius 3 is 3.00 bits per heavy atom. The van der Waals surface area contributed by atoms with Gasteiger partial charge in [-0.3, -0.25) is 4.79 Å². The molecule has 0 aromatic carbocycles. The Balaban J connectivity index is 1.68. The molecule has 124 valence electrons. The lowest BCUT2D eigenvalue weighted by Crippen LogP contribution is -2.26. The number of hydrogen-bond acceptors (Lipinski definition) is 5. The molecule has 2 aromatic rings. The second kappa shape index (κ2) is 7.62. The lowest BCUT2D eigenvalue weighted by molar-refractivity contribution is -0.118. The maximum Gasteiger partial charge on any atom is 0.230 e. The van der Waals surface area contributed by atoms with E-state index in [1.165, 1.54) is 40.4 Å². The lowest BCUT2D eigenvalue weighted by Gasteiger charge is -2.11. The van der Waals surface area contributed by atoms with Gasteiger partial charge in [0.25, 0.3) is 0 Å². The number of amides is 1. The summed E-state index contributed by atoms with van der Waals surface area (Å²) in [4.78, 5) is 23.4. The lowest BCUT2D eigenvalue weighted by atomic mass is 9.97. The number of thiophene rings is 1. The Bertz CT molecular complexity index is 696. The number of carbonyl (C=O) groups is 1. The number of rotatable bonds is 6. The molecule has 0 bridgehead atoms. The molecule has 6 heteroatoms. The summed E-state index contributed by atoms with van der Waals surface area (Å²) in [5.74, 6) is 1.13. The molecule has 0 radical (unpaired) electrons. The molecular weight excluding hydrogens is 326 g/mol. The molecule has 1 aliphatic rings. The van der Waals surface area contributed by atoms with Crippen LogP contribution in [0.25, 0.3) is 10.2 Å². The Morgan fingerprint density at radius 1 is 1.35 bits per heavy atom. The quantitative estimate of drug-likeness (QED) is 0.636. The maximum absolute atomic E-state index is 12.0. The van der Waals surface area contributed by atoms with Gasteiger partial charge in [0.05, 0.1) is 5.75 Å². The minimum absolute atomic E-state index is 0.0894. The molecule has 1 N–H and O–H groups in total. The first-order chi connectivity index (χ1) is 11.1. The van der Waals surface area contributed by atoms with Crippen LogP contribution in [0.2, 0.25) is 0 Å². The zero-order chi connectivity index (χ0) is 16.2. The molecule has 0 unspecified atom stereocenters. The van der Waals surface area contributed by atoms with Crippen molar-refractivity contribution >= 4 is 39.2 Å². The van der Waals surface area contributed by atoms with E-state index in [2.05, 4.69) is 29.1 Å². The Kier molecular flexibility index (Phi) is 5.54. The van der Waals surface area contributed by atoms with Crippen molar-refractivity contribution in [2.24, 2.45) is 5.92 Å². The number of thioether (sulfide) groups is 1. The summed E-state index contributed by atoms with van der Waals surface area (Å²) < 4.78 is 0. The molecule has 0 saturated heterocycles. The van der Waals surface area contributed by atoms with Crippen molar-refractivity contribution in [3.63, 3.8) is 0 Å². The van der Waals surface area contributed by atoms with Crippen LogP contribution in [0.4, 0.5) is 0 Å². The first kappa shape index (κ1) is 16.7. The van der Waals surface area contributed by atoms with Crippen molar-refractivity contribution in [3.05, 3.63) is 16.8 Å². The van der Waals surface area contributed by atoms with Gasteiger partial charge in [0, 0.05) is 16.8 Å². The van der Waals surface area contributed by atoms with Crippen LogP contribution in [-0.4, -0.2) is 28.2 Å². The highest BCUT2D eigenvalue weighted by atomic mass is 32.2. The van der Waals surface area contributed by atoms with Crippen LogP contribution in [0.15, 0.2) is 11.4 Å². The fourth-order valence-electron chi connectivity index (χ4n) is 2.86.